The molecule has 1 aromatic heterocycles. The van der Waals surface area contributed by atoms with Crippen molar-refractivity contribution in [2.75, 3.05) is 0 Å². The van der Waals surface area contributed by atoms with Crippen molar-refractivity contribution >= 4 is 0 Å². The predicted octanol–water partition coefficient (Wildman–Crippen LogP) is 3.55. The van der Waals surface area contributed by atoms with Crippen LogP contribution in [0.5, 0.6) is 0 Å². The number of nitrogens with zero attached hydrogens (tertiary/aromatic N) is 2. The van der Waals surface area contributed by atoms with Gasteiger partial charge in [-0.05, 0) is 45.4 Å². The Morgan fingerprint density at radius 3 is 2.63 bits per heavy atom. The zero-order chi connectivity index (χ0) is 14.0. The van der Waals surface area contributed by atoms with E-state index in [1.807, 2.05) is 6.20 Å². The van der Waals surface area contributed by atoms with Crippen LogP contribution in [0.2, 0.25) is 0 Å². The minimum Gasteiger partial charge on any atom is -0.310 e. The molecule has 2 rings (SSSR count). The Kier molecular flexibility index (Phi) is 4.34. The Hall–Kier alpha value is -0.830. The Balaban J connectivity index is 1.88. The second-order valence-electron chi connectivity index (χ2n) is 7.06. The number of hydrogen-bond acceptors (Lipinski definition) is 2. The molecule has 3 heteroatoms. The van der Waals surface area contributed by atoms with Gasteiger partial charge in [0.15, 0.2) is 0 Å². The fourth-order valence-electron chi connectivity index (χ4n) is 3.18. The zero-order valence-corrected chi connectivity index (χ0v) is 13.1. The van der Waals surface area contributed by atoms with Gasteiger partial charge in [0.1, 0.15) is 0 Å². The van der Waals surface area contributed by atoms with Gasteiger partial charge in [0.05, 0.1) is 11.7 Å². The van der Waals surface area contributed by atoms with Gasteiger partial charge in [0.25, 0.3) is 0 Å². The molecule has 0 saturated heterocycles. The second kappa shape index (κ2) is 5.66. The highest BCUT2D eigenvalue weighted by molar-refractivity contribution is 5.05. The average molecular weight is 263 g/mol. The molecule has 1 fully saturated rings. The van der Waals surface area contributed by atoms with Crippen molar-refractivity contribution in [3.8, 4) is 0 Å². The van der Waals surface area contributed by atoms with E-state index in [2.05, 4.69) is 55.9 Å². The molecule has 3 atom stereocenters. The van der Waals surface area contributed by atoms with Crippen molar-refractivity contribution < 1.29 is 0 Å². The quantitative estimate of drug-likeness (QED) is 0.900. The Morgan fingerprint density at radius 2 is 2.11 bits per heavy atom. The van der Waals surface area contributed by atoms with E-state index in [1.165, 1.54) is 24.8 Å². The summed E-state index contributed by atoms with van der Waals surface area (Å²) in [6.45, 7) is 12.2. The molecule has 0 radical (unpaired) electrons. The van der Waals surface area contributed by atoms with E-state index < -0.39 is 0 Å². The van der Waals surface area contributed by atoms with Crippen molar-refractivity contribution in [3.63, 3.8) is 0 Å². The van der Waals surface area contributed by atoms with Gasteiger partial charge in [-0.3, -0.25) is 4.68 Å². The minimum atomic E-state index is 0.0756. The van der Waals surface area contributed by atoms with E-state index in [9.17, 15) is 0 Å². The van der Waals surface area contributed by atoms with Crippen LogP contribution in [0.25, 0.3) is 0 Å². The molecule has 1 aliphatic rings. The highest BCUT2D eigenvalue weighted by atomic mass is 15.3. The SMILES string of the molecule is CCC1CCC(NCc2cnn(C(C)(C)C)c2)C1C. The van der Waals surface area contributed by atoms with E-state index in [-0.39, 0.29) is 5.54 Å². The molecule has 0 amide bonds. The summed E-state index contributed by atoms with van der Waals surface area (Å²) in [6.07, 6.45) is 8.20. The van der Waals surface area contributed by atoms with E-state index in [0.717, 1.165) is 18.4 Å². The van der Waals surface area contributed by atoms with Gasteiger partial charge in [-0.15, -0.1) is 0 Å². The Morgan fingerprint density at radius 1 is 1.37 bits per heavy atom. The summed E-state index contributed by atoms with van der Waals surface area (Å²) in [5, 5.41) is 8.18. The number of hydrogen-bond donors (Lipinski definition) is 1. The summed E-state index contributed by atoms with van der Waals surface area (Å²) in [5.74, 6) is 1.72. The van der Waals surface area contributed by atoms with Crippen LogP contribution in [-0.2, 0) is 12.1 Å². The van der Waals surface area contributed by atoms with Crippen LogP contribution in [0.15, 0.2) is 12.4 Å². The first kappa shape index (κ1) is 14.6. The van der Waals surface area contributed by atoms with Crippen LogP contribution >= 0.6 is 0 Å². The second-order valence-corrected chi connectivity index (χ2v) is 7.06. The first-order valence-electron chi connectivity index (χ1n) is 7.69. The van der Waals surface area contributed by atoms with Gasteiger partial charge in [-0.1, -0.05) is 20.3 Å². The van der Waals surface area contributed by atoms with E-state index in [4.69, 9.17) is 0 Å². The Labute approximate surface area is 117 Å². The van der Waals surface area contributed by atoms with Gasteiger partial charge in [0.2, 0.25) is 0 Å². The lowest BCUT2D eigenvalue weighted by Crippen LogP contribution is -2.32. The summed E-state index contributed by atoms with van der Waals surface area (Å²) in [4.78, 5) is 0. The third-order valence-corrected chi connectivity index (χ3v) is 4.64. The van der Waals surface area contributed by atoms with E-state index in [1.54, 1.807) is 0 Å². The van der Waals surface area contributed by atoms with Gasteiger partial charge >= 0.3 is 0 Å². The number of rotatable bonds is 4. The third-order valence-electron chi connectivity index (χ3n) is 4.64. The maximum Gasteiger partial charge on any atom is 0.0543 e. The molecule has 1 aliphatic carbocycles. The van der Waals surface area contributed by atoms with Gasteiger partial charge < -0.3 is 5.32 Å². The standard InChI is InChI=1S/C16H29N3/c1-6-14-7-8-15(12(14)2)17-9-13-10-18-19(11-13)16(3,4)5/h10-12,14-15,17H,6-9H2,1-5H3. The smallest absolute Gasteiger partial charge is 0.0543 e. The van der Waals surface area contributed by atoms with E-state index in [0.29, 0.717) is 6.04 Å². The maximum atomic E-state index is 4.46. The summed E-state index contributed by atoms with van der Waals surface area (Å²) >= 11 is 0. The van der Waals surface area contributed by atoms with E-state index >= 15 is 0 Å². The van der Waals surface area contributed by atoms with Crippen LogP contribution in [-0.4, -0.2) is 15.8 Å². The van der Waals surface area contributed by atoms with Crippen LogP contribution < -0.4 is 5.32 Å². The molecule has 19 heavy (non-hydrogen) atoms. The fraction of sp³-hybridized carbons (Fsp3) is 0.812. The first-order valence-corrected chi connectivity index (χ1v) is 7.69. The van der Waals surface area contributed by atoms with Crippen LogP contribution in [0.3, 0.4) is 0 Å². The molecule has 1 aromatic rings. The molecule has 3 unspecified atom stereocenters. The molecular weight excluding hydrogens is 234 g/mol. The molecule has 0 aliphatic heterocycles. The molecule has 108 valence electrons. The predicted molar refractivity (Wildman–Crippen MR) is 80.0 cm³/mol. The lowest BCUT2D eigenvalue weighted by atomic mass is 9.93. The molecule has 1 N–H and O–H groups in total. The topological polar surface area (TPSA) is 29.9 Å². The lowest BCUT2D eigenvalue weighted by Gasteiger charge is -2.21. The molecule has 1 heterocycles. The normalized spacial score (nSPS) is 27.9. The van der Waals surface area contributed by atoms with Crippen molar-refractivity contribution in [2.45, 2.75) is 72.0 Å². The summed E-state index contributed by atoms with van der Waals surface area (Å²) in [5.41, 5.74) is 1.37. The summed E-state index contributed by atoms with van der Waals surface area (Å²) in [7, 11) is 0. The van der Waals surface area contributed by atoms with Crippen molar-refractivity contribution in [3.05, 3.63) is 18.0 Å². The third kappa shape index (κ3) is 3.38. The largest absolute Gasteiger partial charge is 0.310 e. The van der Waals surface area contributed by atoms with Crippen molar-refractivity contribution in [1.29, 1.82) is 0 Å². The average Bonchev–Trinajstić information content (AvgIpc) is 2.93. The lowest BCUT2D eigenvalue weighted by molar-refractivity contribution is 0.343. The summed E-state index contributed by atoms with van der Waals surface area (Å²) < 4.78 is 2.05. The zero-order valence-electron chi connectivity index (χ0n) is 13.1. The molecule has 3 nitrogen and oxygen atoms in total. The van der Waals surface area contributed by atoms with Crippen molar-refractivity contribution in [2.24, 2.45) is 11.8 Å². The van der Waals surface area contributed by atoms with Crippen LogP contribution in [0.4, 0.5) is 0 Å². The molecule has 0 aromatic carbocycles. The molecular formula is C16H29N3. The molecule has 1 saturated carbocycles. The number of nitrogens with one attached hydrogen (secondary N) is 1. The van der Waals surface area contributed by atoms with Crippen molar-refractivity contribution in [1.82, 2.24) is 15.1 Å². The van der Waals surface area contributed by atoms with Gasteiger partial charge in [-0.25, -0.2) is 0 Å². The summed E-state index contributed by atoms with van der Waals surface area (Å²) in [6, 6.07) is 0.683. The van der Waals surface area contributed by atoms with Gasteiger partial charge in [0, 0.05) is 24.3 Å². The monoisotopic (exact) mass is 263 g/mol. The van der Waals surface area contributed by atoms with Crippen LogP contribution in [0.1, 0.15) is 59.4 Å². The van der Waals surface area contributed by atoms with Gasteiger partial charge in [-0.2, -0.15) is 5.10 Å². The Bertz CT molecular complexity index is 402. The fourth-order valence-corrected chi connectivity index (χ4v) is 3.18. The van der Waals surface area contributed by atoms with Crippen LogP contribution in [0, 0.1) is 11.8 Å². The highest BCUT2D eigenvalue weighted by Gasteiger charge is 2.30. The molecule has 0 bridgehead atoms. The first-order chi connectivity index (χ1) is 8.91. The minimum absolute atomic E-state index is 0.0756. The highest BCUT2D eigenvalue weighted by Crippen LogP contribution is 2.33. The molecule has 0 spiro atoms. The maximum absolute atomic E-state index is 4.46. The number of aromatic nitrogens is 2.